The molecule has 6 nitrogen and oxygen atoms in total. The molecule has 0 saturated carbocycles. The van der Waals surface area contributed by atoms with Crippen LogP contribution in [0.15, 0.2) is 29.1 Å². The normalized spacial score (nSPS) is 20.3. The van der Waals surface area contributed by atoms with Crippen LogP contribution in [0.25, 0.3) is 6.08 Å². The lowest BCUT2D eigenvalue weighted by Crippen LogP contribution is -2.46. The van der Waals surface area contributed by atoms with Gasteiger partial charge < -0.3 is 9.74 Å². The van der Waals surface area contributed by atoms with Gasteiger partial charge in [0, 0.05) is 30.6 Å². The van der Waals surface area contributed by atoms with Crippen molar-refractivity contribution in [3.8, 4) is 5.75 Å². The average Bonchev–Trinajstić information content (AvgIpc) is 2.68. The molecule has 0 radical (unpaired) electrons. The Kier molecular flexibility index (Phi) is 2.33. The van der Waals surface area contributed by atoms with E-state index in [0.29, 0.717) is 11.7 Å². The van der Waals surface area contributed by atoms with E-state index in [9.17, 15) is 10.1 Å². The number of nitrogens with zero attached hydrogens (tertiary/aromatic N) is 3. The third-order valence-electron chi connectivity index (χ3n) is 4.23. The highest BCUT2D eigenvalue weighted by Gasteiger charge is 2.36. The molecule has 4 aliphatic rings. The first-order chi connectivity index (χ1) is 9.72. The molecule has 3 saturated heterocycles. The maximum absolute atomic E-state index is 10.8. The molecule has 4 aliphatic heterocycles. The zero-order valence-corrected chi connectivity index (χ0v) is 10.8. The van der Waals surface area contributed by atoms with Gasteiger partial charge in [-0.15, -0.1) is 0 Å². The Labute approximate surface area is 115 Å². The number of hydrogen-bond acceptors (Lipinski definition) is 5. The lowest BCUT2D eigenvalue weighted by Gasteiger charge is -2.42. The molecule has 0 aromatic heterocycles. The van der Waals surface area contributed by atoms with Crippen LogP contribution in [0.4, 0.5) is 5.69 Å². The minimum atomic E-state index is -0.422. The fraction of sp³-hybridized carbons (Fsp3) is 0.357. The first kappa shape index (κ1) is 11.5. The molecule has 1 aromatic carbocycles. The summed E-state index contributed by atoms with van der Waals surface area (Å²) in [6.45, 7) is 2.11. The average molecular weight is 271 g/mol. The summed E-state index contributed by atoms with van der Waals surface area (Å²) < 4.78 is 0. The molecule has 0 amide bonds. The van der Waals surface area contributed by atoms with Crippen LogP contribution in [0, 0.1) is 16.0 Å². The van der Waals surface area contributed by atoms with Gasteiger partial charge in [0.2, 0.25) is 0 Å². The van der Waals surface area contributed by atoms with Crippen molar-refractivity contribution in [2.24, 2.45) is 11.1 Å². The molecule has 0 N–H and O–H groups in total. The maximum Gasteiger partial charge on any atom is 0.273 e. The van der Waals surface area contributed by atoms with Gasteiger partial charge in [-0.05, 0) is 25.0 Å². The number of non-ortho nitro benzene ring substituents is 1. The predicted molar refractivity (Wildman–Crippen MR) is 73.4 cm³/mol. The predicted octanol–water partition coefficient (Wildman–Crippen LogP) is 2.41. The molecule has 0 aliphatic carbocycles. The van der Waals surface area contributed by atoms with Gasteiger partial charge in [0.25, 0.3) is 5.69 Å². The minimum absolute atomic E-state index is 0.0236. The highest BCUT2D eigenvalue weighted by atomic mass is 16.6. The standard InChI is InChI=1S/C14H13N3O3/c18-17(19)11-2-1-10-7-12-14(15-20-13(10)8-11)9-3-5-16(12)6-4-9/h1-2,7-9H,3-6H2. The quantitative estimate of drug-likeness (QED) is 0.581. The fourth-order valence-electron chi connectivity index (χ4n) is 3.13. The number of benzene rings is 1. The highest BCUT2D eigenvalue weighted by molar-refractivity contribution is 6.06. The van der Waals surface area contributed by atoms with Crippen molar-refractivity contribution < 1.29 is 9.76 Å². The van der Waals surface area contributed by atoms with Crippen LogP contribution in [-0.2, 0) is 0 Å². The summed E-state index contributed by atoms with van der Waals surface area (Å²) in [6.07, 6.45) is 4.25. The SMILES string of the molecule is O=[N+]([O-])c1ccc2c(c1)ON=C1C(=C2)N2CCC1CC2. The van der Waals surface area contributed by atoms with Crippen LogP contribution in [0.3, 0.4) is 0 Å². The van der Waals surface area contributed by atoms with E-state index < -0.39 is 4.92 Å². The maximum atomic E-state index is 10.8. The smallest absolute Gasteiger partial charge is 0.273 e. The van der Waals surface area contributed by atoms with Gasteiger partial charge >= 0.3 is 0 Å². The Balaban J connectivity index is 1.82. The molecule has 102 valence electrons. The van der Waals surface area contributed by atoms with Crippen LogP contribution in [-0.4, -0.2) is 28.6 Å². The largest absolute Gasteiger partial charge is 0.370 e. The van der Waals surface area contributed by atoms with E-state index in [1.54, 1.807) is 6.07 Å². The van der Waals surface area contributed by atoms with Crippen molar-refractivity contribution in [1.82, 2.24) is 4.90 Å². The molecule has 0 unspecified atom stereocenters. The molecule has 3 fully saturated rings. The van der Waals surface area contributed by atoms with E-state index in [-0.39, 0.29) is 5.69 Å². The number of allylic oxidation sites excluding steroid dienone is 1. The number of hydrogen-bond donors (Lipinski definition) is 0. The molecule has 2 bridgehead atoms. The number of nitro groups is 1. The van der Waals surface area contributed by atoms with Gasteiger partial charge in [-0.2, -0.15) is 0 Å². The summed E-state index contributed by atoms with van der Waals surface area (Å²) in [5.41, 5.74) is 2.97. The summed E-state index contributed by atoms with van der Waals surface area (Å²) in [7, 11) is 0. The molecular formula is C14H13N3O3. The van der Waals surface area contributed by atoms with Crippen LogP contribution >= 0.6 is 0 Å². The number of oxime groups is 1. The van der Waals surface area contributed by atoms with Crippen molar-refractivity contribution in [1.29, 1.82) is 0 Å². The van der Waals surface area contributed by atoms with Gasteiger partial charge in [-0.3, -0.25) is 10.1 Å². The van der Waals surface area contributed by atoms with Crippen LogP contribution in [0.5, 0.6) is 5.75 Å². The number of rotatable bonds is 1. The van der Waals surface area contributed by atoms with E-state index >= 15 is 0 Å². The Morgan fingerprint density at radius 1 is 1.35 bits per heavy atom. The van der Waals surface area contributed by atoms with Crippen LogP contribution in [0.2, 0.25) is 0 Å². The van der Waals surface area contributed by atoms with Crippen molar-refractivity contribution in [2.75, 3.05) is 13.1 Å². The molecule has 1 aromatic rings. The number of nitro benzene ring substituents is 1. The molecule has 4 heterocycles. The zero-order chi connectivity index (χ0) is 13.7. The molecular weight excluding hydrogens is 258 g/mol. The van der Waals surface area contributed by atoms with E-state index in [1.165, 1.54) is 12.1 Å². The van der Waals surface area contributed by atoms with E-state index in [4.69, 9.17) is 4.84 Å². The second-order valence-corrected chi connectivity index (χ2v) is 5.34. The van der Waals surface area contributed by atoms with Gasteiger partial charge in [-0.25, -0.2) is 0 Å². The summed E-state index contributed by atoms with van der Waals surface area (Å²) >= 11 is 0. The third-order valence-corrected chi connectivity index (χ3v) is 4.23. The molecule has 0 atom stereocenters. The monoisotopic (exact) mass is 271 g/mol. The summed E-state index contributed by atoms with van der Waals surface area (Å²) in [4.78, 5) is 18.2. The van der Waals surface area contributed by atoms with Crippen molar-refractivity contribution in [3.05, 3.63) is 39.6 Å². The Morgan fingerprint density at radius 3 is 2.90 bits per heavy atom. The summed E-state index contributed by atoms with van der Waals surface area (Å²) in [5, 5.41) is 15.1. The Morgan fingerprint density at radius 2 is 2.15 bits per heavy atom. The fourth-order valence-corrected chi connectivity index (χ4v) is 3.13. The molecule has 5 rings (SSSR count). The summed E-state index contributed by atoms with van der Waals surface area (Å²) in [6, 6.07) is 4.66. The lowest BCUT2D eigenvalue weighted by molar-refractivity contribution is -0.384. The lowest BCUT2D eigenvalue weighted by atomic mass is 9.83. The van der Waals surface area contributed by atoms with Gasteiger partial charge in [0.15, 0.2) is 5.75 Å². The van der Waals surface area contributed by atoms with Gasteiger partial charge in [0.1, 0.15) is 5.71 Å². The molecule has 0 spiro atoms. The highest BCUT2D eigenvalue weighted by Crippen LogP contribution is 2.37. The number of piperidine rings is 3. The second kappa shape index (κ2) is 4.06. The van der Waals surface area contributed by atoms with Gasteiger partial charge in [0.05, 0.1) is 16.7 Å². The van der Waals surface area contributed by atoms with Crippen molar-refractivity contribution in [3.63, 3.8) is 0 Å². The zero-order valence-electron chi connectivity index (χ0n) is 10.8. The van der Waals surface area contributed by atoms with Crippen LogP contribution in [0.1, 0.15) is 18.4 Å². The van der Waals surface area contributed by atoms with Gasteiger partial charge in [-0.1, -0.05) is 5.16 Å². The molecule has 20 heavy (non-hydrogen) atoms. The Bertz CT molecular complexity index is 658. The van der Waals surface area contributed by atoms with E-state index in [2.05, 4.69) is 10.1 Å². The topological polar surface area (TPSA) is 68.0 Å². The van der Waals surface area contributed by atoms with Crippen molar-refractivity contribution >= 4 is 17.5 Å². The van der Waals surface area contributed by atoms with Crippen molar-refractivity contribution in [2.45, 2.75) is 12.8 Å². The Hall–Kier alpha value is -2.37. The second-order valence-electron chi connectivity index (χ2n) is 5.34. The summed E-state index contributed by atoms with van der Waals surface area (Å²) in [5.74, 6) is 0.907. The number of fused-ring (bicyclic) bond motifs is 3. The van der Waals surface area contributed by atoms with E-state index in [1.807, 2.05) is 6.08 Å². The van der Waals surface area contributed by atoms with E-state index in [0.717, 1.165) is 42.9 Å². The minimum Gasteiger partial charge on any atom is -0.370 e. The molecule has 6 heteroatoms. The van der Waals surface area contributed by atoms with Crippen LogP contribution < -0.4 is 4.84 Å². The first-order valence-electron chi connectivity index (χ1n) is 6.73. The first-order valence-corrected chi connectivity index (χ1v) is 6.73. The third kappa shape index (κ3) is 1.61.